The second-order valence-corrected chi connectivity index (χ2v) is 7.47. The van der Waals surface area contributed by atoms with Crippen LogP contribution in [0, 0.1) is 16.7 Å². The van der Waals surface area contributed by atoms with Crippen LogP contribution in [0.15, 0.2) is 0 Å². The standard InChI is InChI=1S/C13H24N2O2S/c1-12(2,9-14)7-5-6-8-18-13(3,4)10(15)11(16)17/h10H,5-8,15H2,1-4H3,(H,16,17)/t10-/m0/s1. The van der Waals surface area contributed by atoms with Gasteiger partial charge in [0.05, 0.1) is 11.5 Å². The van der Waals surface area contributed by atoms with Gasteiger partial charge in [-0.05, 0) is 46.3 Å². The maximum atomic E-state index is 10.8. The van der Waals surface area contributed by atoms with Gasteiger partial charge in [0.25, 0.3) is 0 Å². The predicted molar refractivity (Wildman–Crippen MR) is 75.4 cm³/mol. The first kappa shape index (κ1) is 17.3. The summed E-state index contributed by atoms with van der Waals surface area (Å²) in [4.78, 5) is 10.8. The maximum absolute atomic E-state index is 10.8. The molecular weight excluding hydrogens is 248 g/mol. The zero-order chi connectivity index (χ0) is 14.4. The summed E-state index contributed by atoms with van der Waals surface area (Å²) in [6.07, 6.45) is 2.83. The fourth-order valence-corrected chi connectivity index (χ4v) is 2.60. The van der Waals surface area contributed by atoms with Gasteiger partial charge in [-0.25, -0.2) is 0 Å². The molecule has 1 atom stereocenters. The van der Waals surface area contributed by atoms with E-state index in [4.69, 9.17) is 16.1 Å². The van der Waals surface area contributed by atoms with Crippen molar-refractivity contribution < 1.29 is 9.90 Å². The molecule has 0 aromatic carbocycles. The monoisotopic (exact) mass is 272 g/mol. The number of nitriles is 1. The molecule has 0 rings (SSSR count). The van der Waals surface area contributed by atoms with Gasteiger partial charge >= 0.3 is 5.97 Å². The summed E-state index contributed by atoms with van der Waals surface area (Å²) < 4.78 is -0.462. The second kappa shape index (κ2) is 7.01. The van der Waals surface area contributed by atoms with Crippen LogP contribution in [-0.4, -0.2) is 27.6 Å². The Hall–Kier alpha value is -0.730. The van der Waals surface area contributed by atoms with E-state index in [1.54, 1.807) is 11.8 Å². The molecule has 0 spiro atoms. The molecule has 0 aliphatic heterocycles. The van der Waals surface area contributed by atoms with Crippen LogP contribution in [0.25, 0.3) is 0 Å². The summed E-state index contributed by atoms with van der Waals surface area (Å²) in [6.45, 7) is 7.58. The van der Waals surface area contributed by atoms with Crippen LogP contribution >= 0.6 is 11.8 Å². The van der Waals surface area contributed by atoms with Gasteiger partial charge in [0, 0.05) is 4.75 Å². The highest BCUT2D eigenvalue weighted by molar-refractivity contribution is 8.00. The van der Waals surface area contributed by atoms with Gasteiger partial charge in [-0.2, -0.15) is 17.0 Å². The Morgan fingerprint density at radius 3 is 2.39 bits per heavy atom. The van der Waals surface area contributed by atoms with Gasteiger partial charge in [0.1, 0.15) is 6.04 Å². The van der Waals surface area contributed by atoms with E-state index in [1.807, 2.05) is 27.7 Å². The molecule has 0 radical (unpaired) electrons. The predicted octanol–water partition coefficient (Wildman–Crippen LogP) is 2.63. The number of unbranched alkanes of at least 4 members (excludes halogenated alkanes) is 1. The average molecular weight is 272 g/mol. The molecule has 18 heavy (non-hydrogen) atoms. The first-order chi connectivity index (χ1) is 8.12. The van der Waals surface area contributed by atoms with Crippen molar-refractivity contribution in [2.45, 2.75) is 57.7 Å². The molecule has 0 heterocycles. The molecular formula is C13H24N2O2S. The highest BCUT2D eigenvalue weighted by Crippen LogP contribution is 2.29. The number of thioether (sulfide) groups is 1. The van der Waals surface area contributed by atoms with E-state index in [9.17, 15) is 4.79 Å². The number of nitrogens with zero attached hydrogens (tertiary/aromatic N) is 1. The zero-order valence-electron chi connectivity index (χ0n) is 11.7. The number of carboxylic acids is 1. The van der Waals surface area contributed by atoms with Gasteiger partial charge in [-0.3, -0.25) is 4.79 Å². The molecule has 0 aliphatic carbocycles. The molecule has 3 N–H and O–H groups in total. The molecule has 0 amide bonds. The average Bonchev–Trinajstić information content (AvgIpc) is 2.27. The van der Waals surface area contributed by atoms with Crippen molar-refractivity contribution in [1.82, 2.24) is 0 Å². The Labute approximate surface area is 114 Å². The Bertz CT molecular complexity index is 321. The van der Waals surface area contributed by atoms with Crippen molar-refractivity contribution in [1.29, 1.82) is 5.26 Å². The van der Waals surface area contributed by atoms with Gasteiger partial charge in [0.2, 0.25) is 0 Å². The van der Waals surface area contributed by atoms with Crippen LogP contribution in [0.5, 0.6) is 0 Å². The van der Waals surface area contributed by atoms with E-state index in [0.29, 0.717) is 0 Å². The van der Waals surface area contributed by atoms with Crippen LogP contribution in [0.2, 0.25) is 0 Å². The fraction of sp³-hybridized carbons (Fsp3) is 0.846. The van der Waals surface area contributed by atoms with E-state index in [2.05, 4.69) is 6.07 Å². The van der Waals surface area contributed by atoms with Gasteiger partial charge < -0.3 is 10.8 Å². The lowest BCUT2D eigenvalue weighted by Crippen LogP contribution is -2.46. The number of carbonyl (C=O) groups is 1. The molecule has 0 aliphatic rings. The number of carboxylic acid groups (broad SMARTS) is 1. The van der Waals surface area contributed by atoms with E-state index in [1.165, 1.54) is 0 Å². The first-order valence-electron chi connectivity index (χ1n) is 6.16. The Balaban J connectivity index is 3.92. The van der Waals surface area contributed by atoms with Gasteiger partial charge in [-0.1, -0.05) is 6.42 Å². The van der Waals surface area contributed by atoms with Gasteiger partial charge in [0.15, 0.2) is 0 Å². The quantitative estimate of drug-likeness (QED) is 0.663. The molecule has 104 valence electrons. The largest absolute Gasteiger partial charge is 0.480 e. The lowest BCUT2D eigenvalue weighted by molar-refractivity contribution is -0.139. The van der Waals surface area contributed by atoms with Crippen molar-refractivity contribution in [3.63, 3.8) is 0 Å². The Morgan fingerprint density at radius 2 is 1.94 bits per heavy atom. The topological polar surface area (TPSA) is 87.1 Å². The SMILES string of the molecule is CC(C)(C#N)CCCCSC(C)(C)[C@@H](N)C(=O)O. The summed E-state index contributed by atoms with van der Waals surface area (Å²) in [6, 6.07) is 1.43. The minimum absolute atomic E-state index is 0.266. The lowest BCUT2D eigenvalue weighted by atomic mass is 9.89. The van der Waals surface area contributed by atoms with Crippen LogP contribution in [-0.2, 0) is 4.79 Å². The molecule has 0 unspecified atom stereocenters. The summed E-state index contributed by atoms with van der Waals surface area (Å²) >= 11 is 1.58. The Kier molecular flexibility index (Phi) is 6.72. The highest BCUT2D eigenvalue weighted by atomic mass is 32.2. The number of rotatable bonds is 8. The molecule has 0 saturated heterocycles. The summed E-state index contributed by atoms with van der Waals surface area (Å²) in [5.41, 5.74) is 5.37. The van der Waals surface area contributed by atoms with Crippen molar-refractivity contribution in [2.75, 3.05) is 5.75 Å². The third-order valence-electron chi connectivity index (χ3n) is 2.99. The minimum atomic E-state index is -0.960. The molecule has 0 fully saturated rings. The Morgan fingerprint density at radius 1 is 1.39 bits per heavy atom. The first-order valence-corrected chi connectivity index (χ1v) is 7.14. The van der Waals surface area contributed by atoms with Crippen LogP contribution in [0.4, 0.5) is 0 Å². The third kappa shape index (κ3) is 6.27. The number of aliphatic carboxylic acids is 1. The van der Waals surface area contributed by atoms with Crippen LogP contribution in [0.3, 0.4) is 0 Å². The number of nitrogens with two attached hydrogens (primary N) is 1. The summed E-state index contributed by atoms with van der Waals surface area (Å²) in [5.74, 6) is -0.0896. The third-order valence-corrected chi connectivity index (χ3v) is 4.48. The fourth-order valence-electron chi connectivity index (χ4n) is 1.45. The van der Waals surface area contributed by atoms with Crippen LogP contribution < -0.4 is 5.73 Å². The van der Waals surface area contributed by atoms with Crippen LogP contribution in [0.1, 0.15) is 47.0 Å². The summed E-state index contributed by atoms with van der Waals surface area (Å²) in [5, 5.41) is 17.8. The van der Waals surface area contributed by atoms with E-state index in [0.717, 1.165) is 25.0 Å². The normalized spacial score (nSPS) is 14.0. The molecule has 0 bridgehead atoms. The molecule has 5 heteroatoms. The molecule has 0 saturated carbocycles. The lowest BCUT2D eigenvalue weighted by Gasteiger charge is -2.28. The van der Waals surface area contributed by atoms with Crippen molar-refractivity contribution in [3.05, 3.63) is 0 Å². The molecule has 0 aromatic heterocycles. The van der Waals surface area contributed by atoms with Crippen molar-refractivity contribution in [3.8, 4) is 6.07 Å². The number of hydrogen-bond donors (Lipinski definition) is 2. The van der Waals surface area contributed by atoms with Gasteiger partial charge in [-0.15, -0.1) is 0 Å². The second-order valence-electron chi connectivity index (χ2n) is 5.72. The van der Waals surface area contributed by atoms with E-state index >= 15 is 0 Å². The molecule has 4 nitrogen and oxygen atoms in total. The van der Waals surface area contributed by atoms with E-state index < -0.39 is 16.8 Å². The highest BCUT2D eigenvalue weighted by Gasteiger charge is 2.32. The van der Waals surface area contributed by atoms with Crippen molar-refractivity contribution in [2.24, 2.45) is 11.1 Å². The number of hydrogen-bond acceptors (Lipinski definition) is 4. The van der Waals surface area contributed by atoms with E-state index in [-0.39, 0.29) is 5.41 Å². The minimum Gasteiger partial charge on any atom is -0.480 e. The molecule has 0 aromatic rings. The zero-order valence-corrected chi connectivity index (χ0v) is 12.5. The summed E-state index contributed by atoms with van der Waals surface area (Å²) in [7, 11) is 0. The smallest absolute Gasteiger partial charge is 0.321 e. The maximum Gasteiger partial charge on any atom is 0.321 e. The van der Waals surface area contributed by atoms with Crippen molar-refractivity contribution >= 4 is 17.7 Å².